The van der Waals surface area contributed by atoms with Gasteiger partial charge in [-0.1, -0.05) is 102 Å². The van der Waals surface area contributed by atoms with Gasteiger partial charge in [0, 0.05) is 16.3 Å². The molecule has 3 heterocycles. The molecule has 0 amide bonds. The molecule has 0 spiro atoms. The van der Waals surface area contributed by atoms with Gasteiger partial charge < -0.3 is 0 Å². The number of hydrogen-bond acceptors (Lipinski definition) is 3. The van der Waals surface area contributed by atoms with Crippen LogP contribution in [0.15, 0.2) is 140 Å². The van der Waals surface area contributed by atoms with Gasteiger partial charge in [0.1, 0.15) is 16.9 Å². The van der Waals surface area contributed by atoms with Crippen molar-refractivity contribution in [3.63, 3.8) is 0 Å². The van der Waals surface area contributed by atoms with Crippen molar-refractivity contribution >= 4 is 32.8 Å². The fourth-order valence-corrected chi connectivity index (χ4v) is 5.63. The summed E-state index contributed by atoms with van der Waals surface area (Å²) in [5.41, 5.74) is 9.11. The average molecular weight is 514 g/mol. The molecule has 8 aromatic rings. The Bertz CT molecular complexity index is 2090. The summed E-state index contributed by atoms with van der Waals surface area (Å²) in [5, 5.41) is 11.4. The van der Waals surface area contributed by atoms with Crippen LogP contribution in [0, 0.1) is 0 Å². The summed E-state index contributed by atoms with van der Waals surface area (Å²) in [7, 11) is 0. The monoisotopic (exact) mass is 513 g/mol. The molecular formula is C35H23N5. The average Bonchev–Trinajstić information content (AvgIpc) is 3.62. The number of fused-ring (bicyclic) bond motifs is 5. The van der Waals surface area contributed by atoms with Crippen molar-refractivity contribution in [3.05, 3.63) is 140 Å². The molecule has 0 saturated heterocycles. The molecule has 0 atom stereocenters. The third-order valence-electron chi connectivity index (χ3n) is 7.46. The van der Waals surface area contributed by atoms with Crippen LogP contribution in [0.3, 0.4) is 0 Å². The Morgan fingerprint density at radius 3 is 1.95 bits per heavy atom. The van der Waals surface area contributed by atoms with E-state index in [-0.39, 0.29) is 0 Å². The molecule has 8 rings (SSSR count). The topological polar surface area (TPSA) is 48.5 Å². The van der Waals surface area contributed by atoms with Crippen molar-refractivity contribution < 1.29 is 0 Å². The van der Waals surface area contributed by atoms with Crippen molar-refractivity contribution in [2.75, 3.05) is 0 Å². The maximum atomic E-state index is 5.28. The largest absolute Gasteiger partial charge is 0.291 e. The van der Waals surface area contributed by atoms with Gasteiger partial charge in [0.25, 0.3) is 0 Å². The second-order valence-corrected chi connectivity index (χ2v) is 9.85. The van der Waals surface area contributed by atoms with Crippen LogP contribution in [0.25, 0.3) is 66.7 Å². The first kappa shape index (κ1) is 22.4. The van der Waals surface area contributed by atoms with E-state index < -0.39 is 0 Å². The van der Waals surface area contributed by atoms with Gasteiger partial charge in [0.15, 0.2) is 0 Å². The number of nitrogens with zero attached hydrogens (tertiary/aromatic N) is 5. The first-order valence-electron chi connectivity index (χ1n) is 13.3. The van der Waals surface area contributed by atoms with E-state index in [9.17, 15) is 0 Å². The summed E-state index contributed by atoms with van der Waals surface area (Å²) in [5.74, 6) is 0.847. The molecule has 0 N–H and O–H groups in total. The first-order valence-corrected chi connectivity index (χ1v) is 13.3. The molecule has 0 radical (unpaired) electrons. The third kappa shape index (κ3) is 3.52. The summed E-state index contributed by atoms with van der Waals surface area (Å²) in [6.45, 7) is 0. The van der Waals surface area contributed by atoms with Crippen LogP contribution in [0.4, 0.5) is 0 Å². The number of rotatable bonds is 4. The van der Waals surface area contributed by atoms with E-state index in [0.29, 0.717) is 0 Å². The molecular weight excluding hydrogens is 490 g/mol. The molecule has 188 valence electrons. The van der Waals surface area contributed by atoms with Crippen LogP contribution in [0.2, 0.25) is 0 Å². The van der Waals surface area contributed by atoms with Gasteiger partial charge in [-0.3, -0.25) is 4.57 Å². The quantitative estimate of drug-likeness (QED) is 0.238. The van der Waals surface area contributed by atoms with Crippen LogP contribution >= 0.6 is 0 Å². The fraction of sp³-hybridized carbons (Fsp3) is 0. The summed E-state index contributed by atoms with van der Waals surface area (Å²) >= 11 is 0. The van der Waals surface area contributed by atoms with Gasteiger partial charge >= 0.3 is 0 Å². The maximum absolute atomic E-state index is 5.28. The first-order chi connectivity index (χ1) is 19.8. The predicted molar refractivity (Wildman–Crippen MR) is 162 cm³/mol. The van der Waals surface area contributed by atoms with E-state index in [4.69, 9.17) is 4.98 Å². The lowest BCUT2D eigenvalue weighted by molar-refractivity contribution is 0.824. The number of hydrogen-bond donors (Lipinski definition) is 0. The molecule has 0 fully saturated rings. The lowest BCUT2D eigenvalue weighted by Gasteiger charge is -2.13. The summed E-state index contributed by atoms with van der Waals surface area (Å²) in [6.07, 6.45) is 0. The highest BCUT2D eigenvalue weighted by Gasteiger charge is 2.21. The summed E-state index contributed by atoms with van der Waals surface area (Å²) < 4.78 is 4.21. The van der Waals surface area contributed by atoms with E-state index in [1.807, 2.05) is 35.0 Å². The number of aromatic nitrogens is 5. The van der Waals surface area contributed by atoms with Gasteiger partial charge in [-0.25, -0.2) is 9.67 Å². The van der Waals surface area contributed by atoms with Crippen molar-refractivity contribution in [1.29, 1.82) is 0 Å². The Balaban J connectivity index is 1.52. The van der Waals surface area contributed by atoms with E-state index in [1.54, 1.807) is 0 Å². The van der Waals surface area contributed by atoms with Gasteiger partial charge in [-0.05, 0) is 53.6 Å². The summed E-state index contributed by atoms with van der Waals surface area (Å²) in [4.78, 5) is 5.28. The summed E-state index contributed by atoms with van der Waals surface area (Å²) in [6, 6.07) is 48.1. The SMILES string of the molecule is c1ccc(-c2cc(-c3ccccc3)nc(-n3c4ccccc4c4ccc5nnn(-c6ccccc6)c5c43)c2)cc1. The highest BCUT2D eigenvalue weighted by molar-refractivity contribution is 6.17. The Morgan fingerprint density at radius 2 is 1.18 bits per heavy atom. The van der Waals surface area contributed by atoms with E-state index in [1.165, 1.54) is 0 Å². The molecule has 0 aliphatic rings. The van der Waals surface area contributed by atoms with Crippen molar-refractivity contribution in [1.82, 2.24) is 24.5 Å². The third-order valence-corrected chi connectivity index (χ3v) is 7.46. The lowest BCUT2D eigenvalue weighted by atomic mass is 10.0. The van der Waals surface area contributed by atoms with Crippen LogP contribution < -0.4 is 0 Å². The zero-order valence-corrected chi connectivity index (χ0v) is 21.5. The molecule has 5 heteroatoms. The lowest BCUT2D eigenvalue weighted by Crippen LogP contribution is -2.02. The molecule has 0 saturated carbocycles. The minimum Gasteiger partial charge on any atom is -0.291 e. The van der Waals surface area contributed by atoms with E-state index in [2.05, 4.69) is 124 Å². The normalized spacial score (nSPS) is 11.5. The molecule has 3 aromatic heterocycles. The Hall–Kier alpha value is -5.55. The van der Waals surface area contributed by atoms with E-state index in [0.717, 1.165) is 66.7 Å². The highest BCUT2D eigenvalue weighted by Crippen LogP contribution is 2.38. The number of para-hydroxylation sites is 2. The zero-order valence-electron chi connectivity index (χ0n) is 21.5. The van der Waals surface area contributed by atoms with Crippen LogP contribution in [-0.2, 0) is 0 Å². The molecule has 0 aliphatic carbocycles. The Labute approximate surface area is 230 Å². The molecule has 0 bridgehead atoms. The van der Waals surface area contributed by atoms with Gasteiger partial charge in [0.05, 0.1) is 22.4 Å². The van der Waals surface area contributed by atoms with E-state index >= 15 is 0 Å². The molecule has 5 aromatic carbocycles. The van der Waals surface area contributed by atoms with Crippen molar-refractivity contribution in [2.45, 2.75) is 0 Å². The molecule has 40 heavy (non-hydrogen) atoms. The van der Waals surface area contributed by atoms with Crippen LogP contribution in [-0.4, -0.2) is 24.5 Å². The second-order valence-electron chi connectivity index (χ2n) is 9.85. The van der Waals surface area contributed by atoms with Crippen molar-refractivity contribution in [2.24, 2.45) is 0 Å². The smallest absolute Gasteiger partial charge is 0.138 e. The standard InChI is InChI=1S/C35H23N5/c1-4-12-24(13-5-1)26-22-31(25-14-6-2-7-15-25)36-33(23-26)39-32-19-11-10-18-28(32)29-20-21-30-35(34(29)39)40(38-37-30)27-16-8-3-9-17-27/h1-23H. The minimum absolute atomic E-state index is 0.836. The maximum Gasteiger partial charge on any atom is 0.138 e. The molecule has 0 aliphatic heterocycles. The fourth-order valence-electron chi connectivity index (χ4n) is 5.63. The molecule has 0 unspecified atom stereocenters. The van der Waals surface area contributed by atoms with Gasteiger partial charge in [-0.2, -0.15) is 0 Å². The molecule has 5 nitrogen and oxygen atoms in total. The van der Waals surface area contributed by atoms with Crippen LogP contribution in [0.1, 0.15) is 0 Å². The Morgan fingerprint density at radius 1 is 0.500 bits per heavy atom. The second kappa shape index (κ2) is 9.03. The predicted octanol–water partition coefficient (Wildman–Crippen LogP) is 8.25. The zero-order chi connectivity index (χ0) is 26.5. The number of benzene rings is 5. The highest BCUT2D eigenvalue weighted by atomic mass is 15.4. The van der Waals surface area contributed by atoms with Crippen LogP contribution in [0.5, 0.6) is 0 Å². The van der Waals surface area contributed by atoms with Gasteiger partial charge in [-0.15, -0.1) is 5.10 Å². The Kier molecular flexibility index (Phi) is 5.07. The minimum atomic E-state index is 0.836. The number of pyridine rings is 1. The van der Waals surface area contributed by atoms with Gasteiger partial charge in [0.2, 0.25) is 0 Å². The van der Waals surface area contributed by atoms with Crippen molar-refractivity contribution in [3.8, 4) is 33.9 Å².